The molecule has 1 heterocycles. The minimum atomic E-state index is -0.986. The molecule has 0 saturated heterocycles. The maximum Gasteiger partial charge on any atom is 0.328 e. The number of rotatable bonds is 7. The van der Waals surface area contributed by atoms with Crippen LogP contribution in [0.4, 0.5) is 0 Å². The summed E-state index contributed by atoms with van der Waals surface area (Å²) in [5.74, 6) is -0.181. The molecule has 2 aromatic carbocycles. The molecule has 0 aliphatic heterocycles. The number of hydrogen-bond donors (Lipinski definition) is 1. The molecule has 1 saturated carbocycles. The van der Waals surface area contributed by atoms with Gasteiger partial charge in [0.05, 0.1) is 16.2 Å². The first-order valence-electron chi connectivity index (χ1n) is 10.6. The lowest BCUT2D eigenvalue weighted by Gasteiger charge is -2.24. The van der Waals surface area contributed by atoms with Crippen LogP contribution in [-0.4, -0.2) is 20.9 Å². The topological polar surface area (TPSA) is 64.3 Å². The molecule has 0 spiro atoms. The van der Waals surface area contributed by atoms with Crippen molar-refractivity contribution in [3.05, 3.63) is 76.4 Å². The van der Waals surface area contributed by atoms with Gasteiger partial charge in [0.15, 0.2) is 0 Å². The van der Waals surface area contributed by atoms with Crippen LogP contribution in [-0.2, 0) is 11.4 Å². The number of aliphatic carboxylic acids is 1. The second kappa shape index (κ2) is 9.96. The summed E-state index contributed by atoms with van der Waals surface area (Å²) in [5.41, 5.74) is 3.76. The maximum absolute atomic E-state index is 11.0. The van der Waals surface area contributed by atoms with Gasteiger partial charge >= 0.3 is 5.97 Å². The van der Waals surface area contributed by atoms with Crippen molar-refractivity contribution < 1.29 is 14.6 Å². The minimum Gasteiger partial charge on any atom is -0.489 e. The number of aromatic nitrogens is 2. The van der Waals surface area contributed by atoms with Crippen molar-refractivity contribution in [3.63, 3.8) is 0 Å². The van der Waals surface area contributed by atoms with Gasteiger partial charge in [0.2, 0.25) is 0 Å². The summed E-state index contributed by atoms with van der Waals surface area (Å²) in [7, 11) is 0. The van der Waals surface area contributed by atoms with Gasteiger partial charge in [-0.15, -0.1) is 0 Å². The zero-order valence-electron chi connectivity index (χ0n) is 17.2. The van der Waals surface area contributed by atoms with E-state index in [0.29, 0.717) is 18.3 Å². The predicted molar refractivity (Wildman–Crippen MR) is 125 cm³/mol. The predicted octanol–water partition coefficient (Wildman–Crippen LogP) is 6.49. The van der Waals surface area contributed by atoms with Gasteiger partial charge in [0.1, 0.15) is 18.1 Å². The fourth-order valence-corrected chi connectivity index (χ4v) is 4.61. The summed E-state index contributed by atoms with van der Waals surface area (Å²) in [4.78, 5) is 11.0. The number of carboxylic acids is 1. The van der Waals surface area contributed by atoms with Gasteiger partial charge in [-0.05, 0) is 64.7 Å². The summed E-state index contributed by atoms with van der Waals surface area (Å²) in [5, 5.41) is 13.8. The van der Waals surface area contributed by atoms with Crippen molar-refractivity contribution in [1.29, 1.82) is 0 Å². The zero-order valence-corrected chi connectivity index (χ0v) is 18.8. The third kappa shape index (κ3) is 5.25. The highest BCUT2D eigenvalue weighted by Gasteiger charge is 2.24. The molecular weight excluding hydrogens is 456 g/mol. The molecule has 0 unspecified atom stereocenters. The number of benzene rings is 2. The molecule has 4 rings (SSSR count). The van der Waals surface area contributed by atoms with Crippen LogP contribution in [0.25, 0.3) is 17.3 Å². The van der Waals surface area contributed by atoms with Crippen LogP contribution in [0.5, 0.6) is 5.75 Å². The van der Waals surface area contributed by atoms with E-state index in [2.05, 4.69) is 20.6 Å². The van der Waals surface area contributed by atoms with E-state index in [-0.39, 0.29) is 0 Å². The van der Waals surface area contributed by atoms with Gasteiger partial charge < -0.3 is 9.84 Å². The van der Waals surface area contributed by atoms with Crippen LogP contribution in [0.15, 0.2) is 65.1 Å². The van der Waals surface area contributed by atoms with Crippen molar-refractivity contribution in [1.82, 2.24) is 9.78 Å². The second-order valence-corrected chi connectivity index (χ2v) is 8.55. The Morgan fingerprint density at radius 3 is 2.48 bits per heavy atom. The quantitative estimate of drug-likeness (QED) is 0.392. The minimum absolute atomic E-state index is 0.320. The molecule has 1 aromatic heterocycles. The first kappa shape index (κ1) is 21.4. The van der Waals surface area contributed by atoms with Gasteiger partial charge in [-0.25, -0.2) is 4.79 Å². The summed E-state index contributed by atoms with van der Waals surface area (Å²) in [6, 6.07) is 18.4. The molecule has 0 bridgehead atoms. The van der Waals surface area contributed by atoms with E-state index in [1.54, 1.807) is 6.08 Å². The van der Waals surface area contributed by atoms with Crippen LogP contribution >= 0.6 is 15.9 Å². The van der Waals surface area contributed by atoms with Gasteiger partial charge in [-0.3, -0.25) is 4.68 Å². The Kier molecular flexibility index (Phi) is 6.87. The van der Waals surface area contributed by atoms with E-state index in [9.17, 15) is 4.79 Å². The van der Waals surface area contributed by atoms with E-state index < -0.39 is 5.97 Å². The molecule has 31 heavy (non-hydrogen) atoms. The van der Waals surface area contributed by atoms with Crippen molar-refractivity contribution >= 4 is 28.0 Å². The Morgan fingerprint density at radius 1 is 1.10 bits per heavy atom. The van der Waals surface area contributed by atoms with Crippen LogP contribution in [0, 0.1) is 0 Å². The van der Waals surface area contributed by atoms with E-state index in [4.69, 9.17) is 14.9 Å². The third-order valence-electron chi connectivity index (χ3n) is 5.56. The van der Waals surface area contributed by atoms with Gasteiger partial charge in [0.25, 0.3) is 0 Å². The molecule has 1 aliphatic rings. The Hall–Kier alpha value is -2.86. The Labute approximate surface area is 190 Å². The molecule has 3 aromatic rings. The van der Waals surface area contributed by atoms with E-state index in [1.807, 2.05) is 54.6 Å². The highest BCUT2D eigenvalue weighted by atomic mass is 79.9. The molecule has 1 N–H and O–H groups in total. The fraction of sp³-hybridized carbons (Fsp3) is 0.280. The third-order valence-corrected chi connectivity index (χ3v) is 6.34. The summed E-state index contributed by atoms with van der Waals surface area (Å²) in [6.45, 7) is 0.522. The van der Waals surface area contributed by atoms with Crippen molar-refractivity contribution in [3.8, 4) is 17.0 Å². The Bertz CT molecular complexity index is 1050. The SMILES string of the molecule is O=C(O)C=Cc1nn(C2CCCCC2)c(-c2ccc(OCc3ccccc3)cc2)c1Br. The number of carboxylic acid groups (broad SMARTS) is 1. The van der Waals surface area contributed by atoms with E-state index in [1.165, 1.54) is 19.3 Å². The van der Waals surface area contributed by atoms with Crippen LogP contribution in [0.2, 0.25) is 0 Å². The normalized spacial score (nSPS) is 14.7. The average Bonchev–Trinajstić information content (AvgIpc) is 3.14. The zero-order chi connectivity index (χ0) is 21.6. The first-order valence-corrected chi connectivity index (χ1v) is 11.4. The smallest absolute Gasteiger partial charge is 0.328 e. The lowest BCUT2D eigenvalue weighted by molar-refractivity contribution is -0.131. The molecule has 0 atom stereocenters. The molecular formula is C25H25BrN2O3. The molecule has 0 radical (unpaired) electrons. The largest absolute Gasteiger partial charge is 0.489 e. The first-order chi connectivity index (χ1) is 15.1. The van der Waals surface area contributed by atoms with E-state index in [0.717, 1.165) is 46.0 Å². The van der Waals surface area contributed by atoms with Crippen LogP contribution in [0.1, 0.15) is 49.4 Å². The molecule has 0 amide bonds. The average molecular weight is 481 g/mol. The second-order valence-electron chi connectivity index (χ2n) is 7.75. The number of hydrogen-bond acceptors (Lipinski definition) is 3. The maximum atomic E-state index is 11.0. The number of nitrogens with zero attached hydrogens (tertiary/aromatic N) is 2. The Balaban J connectivity index is 1.61. The van der Waals surface area contributed by atoms with Gasteiger partial charge in [-0.1, -0.05) is 49.6 Å². The number of halogens is 1. The molecule has 6 heteroatoms. The van der Waals surface area contributed by atoms with Crippen molar-refractivity contribution in [2.75, 3.05) is 0 Å². The summed E-state index contributed by atoms with van der Waals surface area (Å²) in [6.07, 6.45) is 8.48. The fourth-order valence-electron chi connectivity index (χ4n) is 3.99. The molecule has 160 valence electrons. The summed E-state index contributed by atoms with van der Waals surface area (Å²) < 4.78 is 8.81. The highest BCUT2D eigenvalue weighted by Crippen LogP contribution is 2.38. The van der Waals surface area contributed by atoms with Crippen LogP contribution in [0.3, 0.4) is 0 Å². The highest BCUT2D eigenvalue weighted by molar-refractivity contribution is 9.10. The summed E-state index contributed by atoms with van der Waals surface area (Å²) >= 11 is 3.68. The lowest BCUT2D eigenvalue weighted by Crippen LogP contribution is -2.15. The Morgan fingerprint density at radius 2 is 1.81 bits per heavy atom. The van der Waals surface area contributed by atoms with Crippen molar-refractivity contribution in [2.24, 2.45) is 0 Å². The van der Waals surface area contributed by atoms with E-state index >= 15 is 0 Å². The lowest BCUT2D eigenvalue weighted by atomic mass is 9.95. The van der Waals surface area contributed by atoms with Crippen LogP contribution < -0.4 is 4.74 Å². The van der Waals surface area contributed by atoms with Gasteiger partial charge in [-0.2, -0.15) is 5.10 Å². The monoisotopic (exact) mass is 480 g/mol. The van der Waals surface area contributed by atoms with Crippen molar-refractivity contribution in [2.45, 2.75) is 44.8 Å². The van der Waals surface area contributed by atoms with Gasteiger partial charge in [0, 0.05) is 11.6 Å². The number of carbonyl (C=O) groups is 1. The molecule has 1 fully saturated rings. The number of ether oxygens (including phenoxy) is 1. The molecule has 5 nitrogen and oxygen atoms in total. The molecule has 1 aliphatic carbocycles. The standard InChI is InChI=1S/C25H25BrN2O3/c26-24-22(15-16-23(29)30)27-28(20-9-5-2-6-10-20)25(24)19-11-13-21(14-12-19)31-17-18-7-3-1-4-8-18/h1,3-4,7-8,11-16,20H,2,5-6,9-10,17H2,(H,29,30).